The quantitative estimate of drug-likeness (QED) is 0.817. The Bertz CT molecular complexity index is 633. The van der Waals surface area contributed by atoms with Gasteiger partial charge >= 0.3 is 0 Å². The van der Waals surface area contributed by atoms with Crippen LogP contribution in [0.5, 0.6) is 0 Å². The molecule has 2 atom stereocenters. The number of aliphatic hydroxyl groups is 1. The molecule has 0 radical (unpaired) electrons. The van der Waals surface area contributed by atoms with E-state index in [1.165, 1.54) is 4.90 Å². The third kappa shape index (κ3) is 2.39. The summed E-state index contributed by atoms with van der Waals surface area (Å²) in [4.78, 5) is 26.5. The second-order valence-corrected chi connectivity index (χ2v) is 7.16. The van der Waals surface area contributed by atoms with E-state index in [0.717, 1.165) is 5.56 Å². The third-order valence-electron chi connectivity index (χ3n) is 4.49. The van der Waals surface area contributed by atoms with Crippen LogP contribution in [0.2, 0.25) is 0 Å². The molecular formula is C17H24N2O3. The molecule has 5 nitrogen and oxygen atoms in total. The lowest BCUT2D eigenvalue weighted by molar-refractivity contribution is -0.152. The average Bonchev–Trinajstić information content (AvgIpc) is 2.60. The highest BCUT2D eigenvalue weighted by molar-refractivity contribution is 6.19. The minimum absolute atomic E-state index is 0.172. The molecule has 2 rings (SSSR count). The standard InChI is InChI=1S/C17H24N2O3/c1-10-7-8-13-12(9-10)17(22,15(21)19(13)6)14(20)18-11(2)16(3,4)5/h7-9,11,22H,1-6H3,(H,18,20). The fourth-order valence-corrected chi connectivity index (χ4v) is 2.44. The Kier molecular flexibility index (Phi) is 3.81. The van der Waals surface area contributed by atoms with Gasteiger partial charge < -0.3 is 15.3 Å². The van der Waals surface area contributed by atoms with E-state index in [1.54, 1.807) is 19.2 Å². The van der Waals surface area contributed by atoms with Gasteiger partial charge in [-0.2, -0.15) is 0 Å². The molecule has 2 amide bonds. The first kappa shape index (κ1) is 16.5. The van der Waals surface area contributed by atoms with E-state index in [1.807, 2.05) is 40.7 Å². The first-order chi connectivity index (χ1) is 9.99. The van der Waals surface area contributed by atoms with Crippen LogP contribution in [0.4, 0.5) is 5.69 Å². The number of amides is 2. The molecule has 2 N–H and O–H groups in total. The van der Waals surface area contributed by atoms with Crippen LogP contribution in [0.15, 0.2) is 18.2 Å². The summed E-state index contributed by atoms with van der Waals surface area (Å²) in [5.74, 6) is -1.29. The van der Waals surface area contributed by atoms with Gasteiger partial charge in [0.25, 0.3) is 17.4 Å². The summed E-state index contributed by atoms with van der Waals surface area (Å²) >= 11 is 0. The van der Waals surface area contributed by atoms with Crippen molar-refractivity contribution in [2.24, 2.45) is 5.41 Å². The van der Waals surface area contributed by atoms with Gasteiger partial charge in [-0.25, -0.2) is 0 Å². The number of fused-ring (bicyclic) bond motifs is 1. The van der Waals surface area contributed by atoms with E-state index >= 15 is 0 Å². The fourth-order valence-electron chi connectivity index (χ4n) is 2.44. The number of nitrogens with zero attached hydrogens (tertiary/aromatic N) is 1. The summed E-state index contributed by atoms with van der Waals surface area (Å²) in [6, 6.07) is 5.11. The van der Waals surface area contributed by atoms with E-state index in [2.05, 4.69) is 5.32 Å². The maximum atomic E-state index is 12.6. The predicted molar refractivity (Wildman–Crippen MR) is 85.5 cm³/mol. The van der Waals surface area contributed by atoms with Crippen LogP contribution < -0.4 is 10.2 Å². The van der Waals surface area contributed by atoms with E-state index in [9.17, 15) is 14.7 Å². The Balaban J connectivity index is 2.44. The van der Waals surface area contributed by atoms with Gasteiger partial charge in [-0.05, 0) is 25.3 Å². The van der Waals surface area contributed by atoms with Crippen molar-refractivity contribution in [1.29, 1.82) is 0 Å². The van der Waals surface area contributed by atoms with Gasteiger partial charge in [0.15, 0.2) is 0 Å². The van der Waals surface area contributed by atoms with Crippen molar-refractivity contribution < 1.29 is 14.7 Å². The zero-order chi connectivity index (χ0) is 16.9. The zero-order valence-electron chi connectivity index (χ0n) is 14.0. The van der Waals surface area contributed by atoms with Crippen molar-refractivity contribution in [2.45, 2.75) is 46.3 Å². The van der Waals surface area contributed by atoms with Crippen LogP contribution in [-0.4, -0.2) is 30.0 Å². The molecule has 0 saturated carbocycles. The topological polar surface area (TPSA) is 69.6 Å². The summed E-state index contributed by atoms with van der Waals surface area (Å²) in [6.07, 6.45) is 0. The summed E-state index contributed by atoms with van der Waals surface area (Å²) in [5, 5.41) is 13.7. The number of hydrogen-bond donors (Lipinski definition) is 2. The van der Waals surface area contributed by atoms with Gasteiger partial charge in [-0.3, -0.25) is 9.59 Å². The molecule has 0 saturated heterocycles. The van der Waals surface area contributed by atoms with Crippen molar-refractivity contribution in [3.05, 3.63) is 29.3 Å². The minimum Gasteiger partial charge on any atom is -0.368 e. The molecular weight excluding hydrogens is 280 g/mol. The second-order valence-electron chi connectivity index (χ2n) is 7.16. The number of hydrogen-bond acceptors (Lipinski definition) is 3. The number of carbonyl (C=O) groups is 2. The third-order valence-corrected chi connectivity index (χ3v) is 4.49. The highest BCUT2D eigenvalue weighted by Gasteiger charge is 2.54. The molecule has 1 heterocycles. The monoisotopic (exact) mass is 304 g/mol. The Labute approximate surface area is 131 Å². The molecule has 0 aliphatic carbocycles. The summed E-state index contributed by atoms with van der Waals surface area (Å²) < 4.78 is 0. The van der Waals surface area contributed by atoms with Crippen molar-refractivity contribution in [3.63, 3.8) is 0 Å². The predicted octanol–water partition coefficient (Wildman–Crippen LogP) is 1.71. The minimum atomic E-state index is -2.16. The Morgan fingerprint density at radius 1 is 1.36 bits per heavy atom. The highest BCUT2D eigenvalue weighted by atomic mass is 16.3. The molecule has 22 heavy (non-hydrogen) atoms. The largest absolute Gasteiger partial charge is 0.368 e. The average molecular weight is 304 g/mol. The van der Waals surface area contributed by atoms with Gasteiger partial charge in [-0.15, -0.1) is 0 Å². The van der Waals surface area contributed by atoms with Gasteiger partial charge in [0.2, 0.25) is 0 Å². The van der Waals surface area contributed by atoms with Crippen LogP contribution in [0.3, 0.4) is 0 Å². The lowest BCUT2D eigenvalue weighted by Gasteiger charge is -2.31. The number of benzene rings is 1. The molecule has 1 aromatic rings. The SMILES string of the molecule is Cc1ccc2c(c1)C(O)(C(=O)NC(C)C(C)(C)C)C(=O)N2C. The van der Waals surface area contributed by atoms with Crippen molar-refractivity contribution in [2.75, 3.05) is 11.9 Å². The maximum absolute atomic E-state index is 12.6. The van der Waals surface area contributed by atoms with Gasteiger partial charge in [0.05, 0.1) is 5.69 Å². The van der Waals surface area contributed by atoms with Gasteiger partial charge in [0.1, 0.15) is 0 Å². The zero-order valence-corrected chi connectivity index (χ0v) is 14.0. The number of anilines is 1. The van der Waals surface area contributed by atoms with Crippen molar-refractivity contribution >= 4 is 17.5 Å². The molecule has 1 aliphatic rings. The molecule has 1 aliphatic heterocycles. The smallest absolute Gasteiger partial charge is 0.273 e. The Morgan fingerprint density at radius 2 is 1.95 bits per heavy atom. The number of likely N-dealkylation sites (N-methyl/N-ethyl adjacent to an activating group) is 1. The number of nitrogens with one attached hydrogen (secondary N) is 1. The van der Waals surface area contributed by atoms with E-state index < -0.39 is 17.4 Å². The van der Waals surface area contributed by atoms with Crippen LogP contribution in [0.25, 0.3) is 0 Å². The molecule has 0 spiro atoms. The van der Waals surface area contributed by atoms with E-state index in [0.29, 0.717) is 11.3 Å². The molecule has 0 fully saturated rings. The number of aryl methyl sites for hydroxylation is 1. The summed E-state index contributed by atoms with van der Waals surface area (Å²) in [6.45, 7) is 9.69. The molecule has 0 aromatic heterocycles. The summed E-state index contributed by atoms with van der Waals surface area (Å²) in [7, 11) is 1.56. The lowest BCUT2D eigenvalue weighted by Crippen LogP contribution is -2.55. The van der Waals surface area contributed by atoms with E-state index in [4.69, 9.17) is 0 Å². The molecule has 2 unspecified atom stereocenters. The molecule has 0 bridgehead atoms. The maximum Gasteiger partial charge on any atom is 0.273 e. The highest BCUT2D eigenvalue weighted by Crippen LogP contribution is 2.40. The van der Waals surface area contributed by atoms with Crippen LogP contribution in [0, 0.1) is 12.3 Å². The normalized spacial score (nSPS) is 22.5. The molecule has 1 aromatic carbocycles. The second kappa shape index (κ2) is 5.09. The summed E-state index contributed by atoms with van der Waals surface area (Å²) in [5.41, 5.74) is -0.530. The molecule has 120 valence electrons. The Morgan fingerprint density at radius 3 is 2.50 bits per heavy atom. The number of rotatable bonds is 2. The first-order valence-corrected chi connectivity index (χ1v) is 7.42. The number of carbonyl (C=O) groups excluding carboxylic acids is 2. The Hall–Kier alpha value is -1.88. The lowest BCUT2D eigenvalue weighted by atomic mass is 9.86. The first-order valence-electron chi connectivity index (χ1n) is 7.42. The van der Waals surface area contributed by atoms with Crippen molar-refractivity contribution in [3.8, 4) is 0 Å². The van der Waals surface area contributed by atoms with Gasteiger partial charge in [0, 0.05) is 18.7 Å². The van der Waals surface area contributed by atoms with Crippen LogP contribution in [-0.2, 0) is 15.2 Å². The van der Waals surface area contributed by atoms with Crippen LogP contribution >= 0.6 is 0 Å². The molecule has 5 heteroatoms. The van der Waals surface area contributed by atoms with Crippen molar-refractivity contribution in [1.82, 2.24) is 5.32 Å². The van der Waals surface area contributed by atoms with Gasteiger partial charge in [-0.1, -0.05) is 38.5 Å². The van der Waals surface area contributed by atoms with E-state index in [-0.39, 0.29) is 11.5 Å². The fraction of sp³-hybridized carbons (Fsp3) is 0.529. The van der Waals surface area contributed by atoms with Crippen LogP contribution in [0.1, 0.15) is 38.8 Å².